The topological polar surface area (TPSA) is 66.6 Å². The number of β-amino-alcohol motifs (C(OH)–C–C–N with tert-alkyl or cyclic N) is 1. The van der Waals surface area contributed by atoms with Crippen LogP contribution in [0.2, 0.25) is 0 Å². The van der Waals surface area contributed by atoms with E-state index in [0.29, 0.717) is 24.5 Å². The second kappa shape index (κ2) is 7.14. The zero-order valence-corrected chi connectivity index (χ0v) is 11.9. The van der Waals surface area contributed by atoms with Gasteiger partial charge in [0.25, 0.3) is 0 Å². The van der Waals surface area contributed by atoms with Crippen LogP contribution in [0.1, 0.15) is 5.56 Å². The zero-order valence-electron chi connectivity index (χ0n) is 11.1. The van der Waals surface area contributed by atoms with Crippen molar-refractivity contribution in [3.8, 4) is 0 Å². The molecule has 19 heavy (non-hydrogen) atoms. The van der Waals surface area contributed by atoms with Crippen molar-refractivity contribution in [3.05, 3.63) is 35.9 Å². The molecule has 3 N–H and O–H groups in total. The molecule has 0 bridgehead atoms. The second-order valence-electron chi connectivity index (χ2n) is 5.07. The molecule has 2 unspecified atom stereocenters. The van der Waals surface area contributed by atoms with E-state index in [0.717, 1.165) is 18.7 Å². The van der Waals surface area contributed by atoms with E-state index in [1.807, 2.05) is 30.3 Å². The first-order valence-corrected chi connectivity index (χ1v) is 8.19. The number of rotatable bonds is 5. The molecule has 0 aliphatic carbocycles. The minimum absolute atomic E-state index is 0.255. The van der Waals surface area contributed by atoms with Gasteiger partial charge in [-0.3, -0.25) is 9.11 Å². The summed E-state index contributed by atoms with van der Waals surface area (Å²) in [5, 5.41) is 10.2. The van der Waals surface area contributed by atoms with Crippen molar-refractivity contribution < 1.29 is 9.32 Å². The van der Waals surface area contributed by atoms with Crippen molar-refractivity contribution in [3.63, 3.8) is 0 Å². The molecule has 106 valence electrons. The van der Waals surface area contributed by atoms with Gasteiger partial charge in [0.15, 0.2) is 0 Å². The summed E-state index contributed by atoms with van der Waals surface area (Å²) in [4.78, 5) is 2.15. The first kappa shape index (κ1) is 14.7. The lowest BCUT2D eigenvalue weighted by Crippen LogP contribution is -2.48. The Bertz CT molecular complexity index is 403. The first-order valence-electron chi connectivity index (χ1n) is 6.70. The van der Waals surface area contributed by atoms with Gasteiger partial charge in [0.2, 0.25) is 0 Å². The van der Waals surface area contributed by atoms with Crippen LogP contribution in [0, 0.1) is 0 Å². The number of hydrogen-bond acceptors (Lipinski definition) is 4. The standard InChI is InChI=1S/C14H22N2O2S/c15-13(10-12-4-2-1-3-5-12)14(17)11-16-6-8-19(18)9-7-16/h1-5,13-14,17H,6-11,15H2. The van der Waals surface area contributed by atoms with Crippen LogP contribution < -0.4 is 5.73 Å². The van der Waals surface area contributed by atoms with Crippen LogP contribution in [0.25, 0.3) is 0 Å². The highest BCUT2D eigenvalue weighted by Crippen LogP contribution is 2.07. The van der Waals surface area contributed by atoms with Crippen molar-refractivity contribution in [1.82, 2.24) is 4.90 Å². The molecule has 1 fully saturated rings. The van der Waals surface area contributed by atoms with Crippen LogP contribution in [0.4, 0.5) is 0 Å². The minimum atomic E-state index is -0.672. The van der Waals surface area contributed by atoms with Gasteiger partial charge < -0.3 is 10.8 Å². The Balaban J connectivity index is 1.79. The number of hydrogen-bond donors (Lipinski definition) is 2. The summed E-state index contributed by atoms with van der Waals surface area (Å²) in [5.74, 6) is 1.42. The van der Waals surface area contributed by atoms with Gasteiger partial charge in [0, 0.05) is 48.0 Å². The first-order chi connectivity index (χ1) is 9.15. The third-order valence-electron chi connectivity index (χ3n) is 3.52. The maximum Gasteiger partial charge on any atom is 0.0820 e. The average molecular weight is 282 g/mol. The lowest BCUT2D eigenvalue weighted by atomic mass is 10.0. The number of aliphatic hydroxyl groups excluding tert-OH is 1. The molecule has 1 aromatic rings. The van der Waals surface area contributed by atoms with E-state index in [-0.39, 0.29) is 6.04 Å². The van der Waals surface area contributed by atoms with E-state index in [2.05, 4.69) is 4.90 Å². The summed E-state index contributed by atoms with van der Waals surface area (Å²) < 4.78 is 11.3. The lowest BCUT2D eigenvalue weighted by molar-refractivity contribution is 0.0949. The molecule has 1 aliphatic heterocycles. The van der Waals surface area contributed by atoms with Crippen LogP contribution in [0.5, 0.6) is 0 Å². The van der Waals surface area contributed by atoms with Crippen LogP contribution >= 0.6 is 0 Å². The summed E-state index contributed by atoms with van der Waals surface area (Å²) in [6.45, 7) is 2.16. The summed E-state index contributed by atoms with van der Waals surface area (Å²) in [6, 6.07) is 9.73. The molecular formula is C14H22N2O2S. The average Bonchev–Trinajstić information content (AvgIpc) is 2.42. The van der Waals surface area contributed by atoms with Gasteiger partial charge in [-0.1, -0.05) is 30.3 Å². The molecule has 4 nitrogen and oxygen atoms in total. The molecule has 0 spiro atoms. The Morgan fingerprint density at radius 3 is 2.53 bits per heavy atom. The maximum absolute atomic E-state index is 11.3. The van der Waals surface area contributed by atoms with Crippen molar-refractivity contribution in [2.75, 3.05) is 31.1 Å². The molecule has 1 saturated heterocycles. The normalized spacial score (nSPS) is 21.2. The van der Waals surface area contributed by atoms with Crippen LogP contribution in [-0.4, -0.2) is 57.5 Å². The maximum atomic E-state index is 11.3. The third kappa shape index (κ3) is 4.69. The Morgan fingerprint density at radius 2 is 1.89 bits per heavy atom. The summed E-state index contributed by atoms with van der Waals surface area (Å²) in [6.07, 6.45) is 0.147. The van der Waals surface area contributed by atoms with Crippen molar-refractivity contribution in [2.24, 2.45) is 5.73 Å². The highest BCUT2D eigenvalue weighted by molar-refractivity contribution is 7.85. The molecule has 2 atom stereocenters. The van der Waals surface area contributed by atoms with Crippen molar-refractivity contribution >= 4 is 10.8 Å². The van der Waals surface area contributed by atoms with E-state index < -0.39 is 16.9 Å². The molecule has 5 heteroatoms. The zero-order chi connectivity index (χ0) is 13.7. The lowest BCUT2D eigenvalue weighted by Gasteiger charge is -2.30. The van der Waals surface area contributed by atoms with E-state index in [9.17, 15) is 9.32 Å². The minimum Gasteiger partial charge on any atom is -0.390 e. The van der Waals surface area contributed by atoms with E-state index >= 15 is 0 Å². The second-order valence-corrected chi connectivity index (χ2v) is 6.77. The van der Waals surface area contributed by atoms with E-state index in [4.69, 9.17) is 5.73 Å². The van der Waals surface area contributed by atoms with Gasteiger partial charge in [0.1, 0.15) is 0 Å². The fourth-order valence-corrected chi connectivity index (χ4v) is 3.41. The fraction of sp³-hybridized carbons (Fsp3) is 0.571. The SMILES string of the molecule is NC(Cc1ccccc1)C(O)CN1CCS(=O)CC1. The molecule has 0 saturated carbocycles. The van der Waals surface area contributed by atoms with Crippen LogP contribution in [-0.2, 0) is 17.2 Å². The summed E-state index contributed by atoms with van der Waals surface area (Å²) in [7, 11) is -0.672. The Kier molecular flexibility index (Phi) is 5.51. The van der Waals surface area contributed by atoms with Gasteiger partial charge in [0.05, 0.1) is 6.10 Å². The predicted molar refractivity (Wildman–Crippen MR) is 78.4 cm³/mol. The largest absolute Gasteiger partial charge is 0.390 e. The Hall–Kier alpha value is -0.750. The number of benzene rings is 1. The highest BCUT2D eigenvalue weighted by Gasteiger charge is 2.21. The van der Waals surface area contributed by atoms with Gasteiger partial charge in [-0.05, 0) is 12.0 Å². The highest BCUT2D eigenvalue weighted by atomic mass is 32.2. The monoisotopic (exact) mass is 282 g/mol. The summed E-state index contributed by atoms with van der Waals surface area (Å²) >= 11 is 0. The number of aliphatic hydroxyl groups is 1. The van der Waals surface area contributed by atoms with Gasteiger partial charge in [-0.2, -0.15) is 0 Å². The third-order valence-corrected chi connectivity index (χ3v) is 4.80. The van der Waals surface area contributed by atoms with Crippen molar-refractivity contribution in [1.29, 1.82) is 0 Å². The molecule has 0 amide bonds. The number of nitrogens with zero attached hydrogens (tertiary/aromatic N) is 1. The van der Waals surface area contributed by atoms with Crippen LogP contribution in [0.15, 0.2) is 30.3 Å². The molecule has 1 heterocycles. The molecule has 0 radical (unpaired) electrons. The Labute approximate surface area is 117 Å². The quantitative estimate of drug-likeness (QED) is 0.797. The number of nitrogens with two attached hydrogens (primary N) is 1. The van der Waals surface area contributed by atoms with E-state index in [1.54, 1.807) is 0 Å². The van der Waals surface area contributed by atoms with Crippen LogP contribution in [0.3, 0.4) is 0 Å². The van der Waals surface area contributed by atoms with Gasteiger partial charge >= 0.3 is 0 Å². The molecular weight excluding hydrogens is 260 g/mol. The van der Waals surface area contributed by atoms with Crippen molar-refractivity contribution in [2.45, 2.75) is 18.6 Å². The Morgan fingerprint density at radius 1 is 1.26 bits per heavy atom. The fourth-order valence-electron chi connectivity index (χ4n) is 2.28. The van der Waals surface area contributed by atoms with E-state index in [1.165, 1.54) is 0 Å². The molecule has 1 aromatic carbocycles. The molecule has 0 aromatic heterocycles. The van der Waals surface area contributed by atoms with Gasteiger partial charge in [-0.15, -0.1) is 0 Å². The molecule has 2 rings (SSSR count). The smallest absolute Gasteiger partial charge is 0.0820 e. The molecule has 1 aliphatic rings. The predicted octanol–water partition coefficient (Wildman–Crippen LogP) is -0.0184. The summed E-state index contributed by atoms with van der Waals surface area (Å²) in [5.41, 5.74) is 7.20. The van der Waals surface area contributed by atoms with Gasteiger partial charge in [-0.25, -0.2) is 0 Å².